The zero-order valence-electron chi connectivity index (χ0n) is 9.08. The molecule has 0 aromatic heterocycles. The number of nitrogens with one attached hydrogen (secondary N) is 2. The van der Waals surface area contributed by atoms with E-state index in [4.69, 9.17) is 0 Å². The van der Waals surface area contributed by atoms with Crippen molar-refractivity contribution < 1.29 is 4.39 Å². The largest absolute Gasteiger partial charge is 0.321 e. The summed E-state index contributed by atoms with van der Waals surface area (Å²) in [4.78, 5) is 0. The molecule has 2 aromatic carbocycles. The van der Waals surface area contributed by atoms with Crippen molar-refractivity contribution in [2.24, 2.45) is 0 Å². The van der Waals surface area contributed by atoms with Gasteiger partial charge >= 0.3 is 0 Å². The zero-order valence-corrected chi connectivity index (χ0v) is 10.7. The highest BCUT2D eigenvalue weighted by Gasteiger charge is 1.99. The van der Waals surface area contributed by atoms with E-state index in [1.807, 2.05) is 30.3 Å². The molecule has 0 bridgehead atoms. The van der Waals surface area contributed by atoms with Gasteiger partial charge in [0.25, 0.3) is 0 Å². The van der Waals surface area contributed by atoms with E-state index in [1.54, 1.807) is 12.1 Å². The van der Waals surface area contributed by atoms with Crippen LogP contribution in [0.4, 0.5) is 10.1 Å². The maximum Gasteiger partial charge on any atom is 0.137 e. The van der Waals surface area contributed by atoms with Crippen molar-refractivity contribution >= 4 is 21.6 Å². The van der Waals surface area contributed by atoms with E-state index >= 15 is 0 Å². The fourth-order valence-corrected chi connectivity index (χ4v) is 1.85. The van der Waals surface area contributed by atoms with Gasteiger partial charge in [0.05, 0.1) is 4.47 Å². The van der Waals surface area contributed by atoms with E-state index in [0.29, 0.717) is 11.0 Å². The van der Waals surface area contributed by atoms with E-state index < -0.39 is 0 Å². The SMILES string of the molecule is Fc1ccc(CNNc2ccccc2)cc1Br. The molecule has 0 atom stereocenters. The van der Waals surface area contributed by atoms with Crippen molar-refractivity contribution in [2.45, 2.75) is 6.54 Å². The second-order valence-corrected chi connectivity index (χ2v) is 4.45. The standard InChI is InChI=1S/C13H12BrFN2/c14-12-8-10(6-7-13(12)15)9-16-17-11-4-2-1-3-5-11/h1-8,16-17H,9H2. The summed E-state index contributed by atoms with van der Waals surface area (Å²) in [6.45, 7) is 0.619. The van der Waals surface area contributed by atoms with Crippen LogP contribution in [0.25, 0.3) is 0 Å². The molecular formula is C13H12BrFN2. The van der Waals surface area contributed by atoms with Crippen molar-refractivity contribution in [3.63, 3.8) is 0 Å². The fourth-order valence-electron chi connectivity index (χ4n) is 1.42. The van der Waals surface area contributed by atoms with Gasteiger partial charge in [-0.05, 0) is 45.8 Å². The van der Waals surface area contributed by atoms with E-state index in [9.17, 15) is 4.39 Å². The third-order valence-electron chi connectivity index (χ3n) is 2.28. The molecule has 0 aliphatic heterocycles. The lowest BCUT2D eigenvalue weighted by atomic mass is 10.2. The minimum absolute atomic E-state index is 0.246. The highest BCUT2D eigenvalue weighted by molar-refractivity contribution is 9.10. The molecule has 17 heavy (non-hydrogen) atoms. The zero-order chi connectivity index (χ0) is 12.1. The summed E-state index contributed by atoms with van der Waals surface area (Å²) >= 11 is 3.16. The number of anilines is 1. The third kappa shape index (κ3) is 3.54. The first-order chi connectivity index (χ1) is 8.25. The second-order valence-electron chi connectivity index (χ2n) is 3.59. The van der Waals surface area contributed by atoms with E-state index in [2.05, 4.69) is 26.8 Å². The Bertz CT molecular complexity index is 488. The van der Waals surface area contributed by atoms with E-state index in [1.165, 1.54) is 6.07 Å². The molecule has 0 spiro atoms. The topological polar surface area (TPSA) is 24.1 Å². The monoisotopic (exact) mass is 294 g/mol. The van der Waals surface area contributed by atoms with Gasteiger partial charge in [-0.15, -0.1) is 0 Å². The smallest absolute Gasteiger partial charge is 0.137 e. The summed E-state index contributed by atoms with van der Waals surface area (Å²) < 4.78 is 13.5. The number of rotatable bonds is 4. The minimum atomic E-state index is -0.246. The molecule has 0 aliphatic rings. The van der Waals surface area contributed by atoms with Crippen LogP contribution in [-0.2, 0) is 6.54 Å². The van der Waals surface area contributed by atoms with Crippen LogP contribution in [-0.4, -0.2) is 0 Å². The van der Waals surface area contributed by atoms with Crippen LogP contribution in [0.2, 0.25) is 0 Å². The van der Waals surface area contributed by atoms with Crippen molar-refractivity contribution in [3.05, 3.63) is 64.4 Å². The number of halogens is 2. The molecule has 0 radical (unpaired) electrons. The molecule has 2 rings (SSSR count). The highest BCUT2D eigenvalue weighted by atomic mass is 79.9. The summed E-state index contributed by atoms with van der Waals surface area (Å²) in [6, 6.07) is 14.8. The van der Waals surface area contributed by atoms with Gasteiger partial charge in [-0.2, -0.15) is 0 Å². The first kappa shape index (κ1) is 12.1. The average molecular weight is 295 g/mol. The van der Waals surface area contributed by atoms with Crippen molar-refractivity contribution in [3.8, 4) is 0 Å². The molecular weight excluding hydrogens is 283 g/mol. The van der Waals surface area contributed by atoms with Crippen LogP contribution in [0.3, 0.4) is 0 Å². The van der Waals surface area contributed by atoms with Gasteiger partial charge in [0.1, 0.15) is 5.82 Å². The van der Waals surface area contributed by atoms with Crippen LogP contribution in [0.5, 0.6) is 0 Å². The Morgan fingerprint density at radius 3 is 2.53 bits per heavy atom. The van der Waals surface area contributed by atoms with Gasteiger partial charge in [0, 0.05) is 12.2 Å². The minimum Gasteiger partial charge on any atom is -0.321 e. The van der Waals surface area contributed by atoms with Gasteiger partial charge < -0.3 is 5.43 Å². The predicted molar refractivity (Wildman–Crippen MR) is 71.0 cm³/mol. The molecule has 2 N–H and O–H groups in total. The van der Waals surface area contributed by atoms with Gasteiger partial charge in [-0.25, -0.2) is 9.82 Å². The second kappa shape index (κ2) is 5.80. The Morgan fingerprint density at radius 2 is 1.82 bits per heavy atom. The van der Waals surface area contributed by atoms with E-state index in [-0.39, 0.29) is 5.82 Å². The molecule has 0 saturated carbocycles. The van der Waals surface area contributed by atoms with Crippen molar-refractivity contribution in [1.82, 2.24) is 5.43 Å². The summed E-state index contributed by atoms with van der Waals surface area (Å²) in [5, 5.41) is 0. The molecule has 2 nitrogen and oxygen atoms in total. The Hall–Kier alpha value is -1.39. The molecule has 4 heteroatoms. The number of benzene rings is 2. The lowest BCUT2D eigenvalue weighted by Gasteiger charge is -2.08. The van der Waals surface area contributed by atoms with Gasteiger partial charge in [0.15, 0.2) is 0 Å². The molecule has 0 amide bonds. The summed E-state index contributed by atoms with van der Waals surface area (Å²) in [5.41, 5.74) is 8.14. The van der Waals surface area contributed by atoms with Gasteiger partial charge in [0.2, 0.25) is 0 Å². The van der Waals surface area contributed by atoms with Crippen molar-refractivity contribution in [1.29, 1.82) is 0 Å². The number of hydrogen-bond acceptors (Lipinski definition) is 2. The maximum absolute atomic E-state index is 13.0. The number of hydrogen-bond donors (Lipinski definition) is 2. The van der Waals surface area contributed by atoms with Crippen LogP contribution < -0.4 is 10.9 Å². The van der Waals surface area contributed by atoms with Crippen LogP contribution in [0.1, 0.15) is 5.56 Å². The highest BCUT2D eigenvalue weighted by Crippen LogP contribution is 2.16. The first-order valence-corrected chi connectivity index (χ1v) is 6.03. The Kier molecular flexibility index (Phi) is 4.12. The predicted octanol–water partition coefficient (Wildman–Crippen LogP) is 3.70. The number of hydrazine groups is 1. The Labute approximate surface area is 108 Å². The molecule has 88 valence electrons. The quantitative estimate of drug-likeness (QED) is 0.840. The average Bonchev–Trinajstić information content (AvgIpc) is 2.35. The normalized spacial score (nSPS) is 10.2. The van der Waals surface area contributed by atoms with Crippen LogP contribution >= 0.6 is 15.9 Å². The van der Waals surface area contributed by atoms with Gasteiger partial charge in [-0.3, -0.25) is 0 Å². The van der Waals surface area contributed by atoms with Crippen LogP contribution in [0, 0.1) is 5.82 Å². The molecule has 2 aromatic rings. The van der Waals surface area contributed by atoms with Gasteiger partial charge in [-0.1, -0.05) is 24.3 Å². The Morgan fingerprint density at radius 1 is 1.06 bits per heavy atom. The fraction of sp³-hybridized carbons (Fsp3) is 0.0769. The summed E-state index contributed by atoms with van der Waals surface area (Å²) in [6.07, 6.45) is 0. The molecule has 0 aliphatic carbocycles. The Balaban J connectivity index is 1.88. The third-order valence-corrected chi connectivity index (χ3v) is 2.89. The first-order valence-electron chi connectivity index (χ1n) is 5.23. The molecule has 0 heterocycles. The summed E-state index contributed by atoms with van der Waals surface area (Å²) in [7, 11) is 0. The van der Waals surface area contributed by atoms with E-state index in [0.717, 1.165) is 11.3 Å². The molecule has 0 fully saturated rings. The maximum atomic E-state index is 13.0. The summed E-state index contributed by atoms with van der Waals surface area (Å²) in [5.74, 6) is -0.246. The van der Waals surface area contributed by atoms with Crippen LogP contribution in [0.15, 0.2) is 53.0 Å². The molecule has 0 saturated heterocycles. The number of para-hydroxylation sites is 1. The molecule has 0 unspecified atom stereocenters. The lowest BCUT2D eigenvalue weighted by molar-refractivity contribution is 0.619. The lowest BCUT2D eigenvalue weighted by Crippen LogP contribution is -2.20. The van der Waals surface area contributed by atoms with Crippen molar-refractivity contribution in [2.75, 3.05) is 5.43 Å².